The van der Waals surface area contributed by atoms with Crippen LogP contribution in [0.1, 0.15) is 5.56 Å². The Morgan fingerprint density at radius 1 is 1.15 bits per heavy atom. The van der Waals surface area contributed by atoms with Crippen molar-refractivity contribution in [2.45, 2.75) is 17.6 Å². The Labute approximate surface area is 197 Å². The van der Waals surface area contributed by atoms with Gasteiger partial charge in [0.1, 0.15) is 10.6 Å². The van der Waals surface area contributed by atoms with E-state index < -0.39 is 22.2 Å². The molecule has 0 radical (unpaired) electrons. The second kappa shape index (κ2) is 10.2. The number of methoxy groups -OCH3 is 1. The summed E-state index contributed by atoms with van der Waals surface area (Å²) in [6, 6.07) is 9.83. The number of carbonyl (C=O) groups is 1. The van der Waals surface area contributed by atoms with Crippen LogP contribution < -0.4 is 4.74 Å². The molecule has 0 aliphatic rings. The highest BCUT2D eigenvalue weighted by Gasteiger charge is 2.38. The molecule has 3 aromatic rings. The topological polar surface area (TPSA) is 88.8 Å². The Balaban J connectivity index is 0.000000479. The van der Waals surface area contributed by atoms with Crippen LogP contribution in [-0.4, -0.2) is 55.7 Å². The van der Waals surface area contributed by atoms with Crippen molar-refractivity contribution in [3.05, 3.63) is 58.2 Å². The van der Waals surface area contributed by atoms with Crippen LogP contribution >= 0.6 is 23.2 Å². The minimum Gasteiger partial charge on any atom is -0.496 e. The molecular weight excluding hydrogens is 508 g/mol. The van der Waals surface area contributed by atoms with Crippen molar-refractivity contribution in [3.8, 4) is 5.75 Å². The summed E-state index contributed by atoms with van der Waals surface area (Å²) in [7, 11) is 1.59. The second-order valence-electron chi connectivity index (χ2n) is 6.89. The van der Waals surface area contributed by atoms with Gasteiger partial charge in [-0.2, -0.15) is 13.2 Å². The highest BCUT2D eigenvalue weighted by atomic mass is 35.5. The summed E-state index contributed by atoms with van der Waals surface area (Å²) in [6.07, 6.45) is -3.56. The summed E-state index contributed by atoms with van der Waals surface area (Å²) in [4.78, 5) is 10.9. The number of ether oxygens (including phenoxy) is 1. The van der Waals surface area contributed by atoms with Crippen LogP contribution in [0.15, 0.2) is 47.5 Å². The van der Waals surface area contributed by atoms with Crippen LogP contribution in [0.25, 0.3) is 10.9 Å². The summed E-state index contributed by atoms with van der Waals surface area (Å²) in [5.41, 5.74) is 1.47. The van der Waals surface area contributed by atoms with E-state index in [1.807, 2.05) is 19.0 Å². The number of rotatable bonds is 5. The molecule has 1 heterocycles. The predicted octanol–water partition coefficient (Wildman–Crippen LogP) is 4.89. The molecule has 0 aliphatic heterocycles. The molecule has 0 fully saturated rings. The van der Waals surface area contributed by atoms with Crippen molar-refractivity contribution in [1.82, 2.24) is 8.87 Å². The van der Waals surface area contributed by atoms with E-state index in [9.17, 15) is 21.6 Å². The number of fused-ring (bicyclic) bond motifs is 1. The molecule has 0 amide bonds. The first-order chi connectivity index (χ1) is 15.2. The van der Waals surface area contributed by atoms with Gasteiger partial charge in [-0.05, 0) is 44.4 Å². The second-order valence-corrected chi connectivity index (χ2v) is 9.46. The van der Waals surface area contributed by atoms with Crippen LogP contribution in [0, 0.1) is 0 Å². The molecule has 3 rings (SSSR count). The lowest BCUT2D eigenvalue weighted by Gasteiger charge is -2.15. The van der Waals surface area contributed by atoms with Crippen LogP contribution in [0.4, 0.5) is 13.2 Å². The van der Waals surface area contributed by atoms with Crippen LogP contribution in [0.3, 0.4) is 0 Å². The van der Waals surface area contributed by atoms with Gasteiger partial charge in [0.15, 0.2) is 0 Å². The van der Waals surface area contributed by atoms with E-state index in [1.54, 1.807) is 37.4 Å². The van der Waals surface area contributed by atoms with E-state index in [-0.39, 0.29) is 14.9 Å². The molecule has 0 spiro atoms. The molecule has 0 unspecified atom stereocenters. The van der Waals surface area contributed by atoms with Gasteiger partial charge in [-0.25, -0.2) is 17.2 Å². The minimum atomic E-state index is -5.08. The van der Waals surface area contributed by atoms with Crippen molar-refractivity contribution in [2.75, 3.05) is 21.2 Å². The average Bonchev–Trinajstić information content (AvgIpc) is 3.15. The maximum absolute atomic E-state index is 13.1. The molecule has 2 aromatic carbocycles. The van der Waals surface area contributed by atoms with E-state index in [0.29, 0.717) is 17.8 Å². The van der Waals surface area contributed by atoms with Gasteiger partial charge in [0.25, 0.3) is 10.0 Å². The fraction of sp³-hybridized carbons (Fsp3) is 0.250. The predicted molar refractivity (Wildman–Crippen MR) is 119 cm³/mol. The maximum Gasteiger partial charge on any atom is 0.490 e. The average molecular weight is 527 g/mol. The third kappa shape index (κ3) is 5.91. The fourth-order valence-corrected chi connectivity index (χ4v) is 4.99. The summed E-state index contributed by atoms with van der Waals surface area (Å²) in [5.74, 6) is -2.05. The summed E-state index contributed by atoms with van der Waals surface area (Å²) < 4.78 is 64.7. The first-order valence-electron chi connectivity index (χ1n) is 9.03. The number of aromatic nitrogens is 1. The molecule has 0 aliphatic carbocycles. The number of carboxylic acids is 1. The Hall–Kier alpha value is -2.47. The SMILES string of the molecule is COc1ccc2c(ccn2S(=O)(=O)c2cccc(Cl)c2Cl)c1CN(C)C.O=C(O)C(F)(F)F. The zero-order valence-corrected chi connectivity index (χ0v) is 19.8. The number of hydrogen-bond donors (Lipinski definition) is 1. The highest BCUT2D eigenvalue weighted by molar-refractivity contribution is 7.90. The number of benzene rings is 2. The van der Waals surface area contributed by atoms with Crippen molar-refractivity contribution < 1.29 is 36.2 Å². The molecule has 7 nitrogen and oxygen atoms in total. The Kier molecular flexibility index (Phi) is 8.28. The van der Waals surface area contributed by atoms with Crippen molar-refractivity contribution >= 4 is 50.1 Å². The highest BCUT2D eigenvalue weighted by Crippen LogP contribution is 2.34. The monoisotopic (exact) mass is 526 g/mol. The third-order valence-electron chi connectivity index (χ3n) is 4.29. The molecule has 180 valence electrons. The van der Waals surface area contributed by atoms with Crippen LogP contribution in [0.2, 0.25) is 10.0 Å². The van der Waals surface area contributed by atoms with Gasteiger partial charge in [0.2, 0.25) is 0 Å². The standard InChI is InChI=1S/C18H18Cl2N2O3S.C2HF3O2/c1-21(2)11-13-12-9-10-22(15(12)7-8-16(13)25-3)26(23,24)17-6-4-5-14(19)18(17)20;3-2(4,5)1(6)7/h4-10H,11H2,1-3H3;(H,6,7). The van der Waals surface area contributed by atoms with Crippen LogP contribution in [0.5, 0.6) is 5.75 Å². The molecular formula is C20H19Cl2F3N2O5S. The van der Waals surface area contributed by atoms with E-state index in [2.05, 4.69) is 0 Å². The number of nitrogens with zero attached hydrogens (tertiary/aromatic N) is 2. The van der Waals surface area contributed by atoms with Crippen molar-refractivity contribution in [2.24, 2.45) is 0 Å². The lowest BCUT2D eigenvalue weighted by molar-refractivity contribution is -0.192. The van der Waals surface area contributed by atoms with E-state index in [1.165, 1.54) is 16.2 Å². The molecule has 13 heteroatoms. The Bertz CT molecular complexity index is 1270. The van der Waals surface area contributed by atoms with Crippen molar-refractivity contribution in [1.29, 1.82) is 0 Å². The molecule has 0 saturated heterocycles. The Morgan fingerprint density at radius 2 is 1.76 bits per heavy atom. The van der Waals surface area contributed by atoms with E-state index in [0.717, 1.165) is 10.9 Å². The lowest BCUT2D eigenvalue weighted by atomic mass is 10.1. The molecule has 33 heavy (non-hydrogen) atoms. The van der Waals surface area contributed by atoms with Gasteiger partial charge in [0.05, 0.1) is 22.7 Å². The third-order valence-corrected chi connectivity index (χ3v) is 6.96. The molecule has 0 atom stereocenters. The smallest absolute Gasteiger partial charge is 0.490 e. The summed E-state index contributed by atoms with van der Waals surface area (Å²) in [6.45, 7) is 0.614. The molecule has 0 saturated carbocycles. The lowest BCUT2D eigenvalue weighted by Crippen LogP contribution is -2.21. The number of alkyl halides is 3. The molecule has 1 aromatic heterocycles. The molecule has 0 bridgehead atoms. The van der Waals surface area contributed by atoms with Gasteiger partial charge in [-0.3, -0.25) is 0 Å². The van der Waals surface area contributed by atoms with Gasteiger partial charge in [0, 0.05) is 23.7 Å². The number of hydrogen-bond acceptors (Lipinski definition) is 5. The quantitative estimate of drug-likeness (QED) is 0.509. The first kappa shape index (κ1) is 26.8. The van der Waals surface area contributed by atoms with Gasteiger partial charge in [-0.1, -0.05) is 29.3 Å². The zero-order valence-electron chi connectivity index (χ0n) is 17.5. The number of halogens is 5. The normalized spacial score (nSPS) is 11.9. The maximum atomic E-state index is 13.1. The van der Waals surface area contributed by atoms with Gasteiger partial charge in [-0.15, -0.1) is 0 Å². The number of carboxylic acid groups (broad SMARTS) is 1. The van der Waals surface area contributed by atoms with Crippen LogP contribution in [-0.2, 0) is 21.4 Å². The molecule has 1 N–H and O–H groups in total. The Morgan fingerprint density at radius 3 is 2.27 bits per heavy atom. The van der Waals surface area contributed by atoms with E-state index in [4.69, 9.17) is 37.8 Å². The zero-order chi connectivity index (χ0) is 25.1. The van der Waals surface area contributed by atoms with Gasteiger partial charge >= 0.3 is 12.1 Å². The largest absolute Gasteiger partial charge is 0.496 e. The number of aliphatic carboxylic acids is 1. The summed E-state index contributed by atoms with van der Waals surface area (Å²) >= 11 is 12.1. The summed E-state index contributed by atoms with van der Waals surface area (Å²) in [5, 5.41) is 8.14. The van der Waals surface area contributed by atoms with Crippen molar-refractivity contribution in [3.63, 3.8) is 0 Å². The fourth-order valence-electron chi connectivity index (χ4n) is 2.90. The van der Waals surface area contributed by atoms with Gasteiger partial charge < -0.3 is 14.7 Å². The first-order valence-corrected chi connectivity index (χ1v) is 11.2. The minimum absolute atomic E-state index is 0.0121. The van der Waals surface area contributed by atoms with E-state index >= 15 is 0 Å².